The lowest BCUT2D eigenvalue weighted by Crippen LogP contribution is -1.96. The summed E-state index contributed by atoms with van der Waals surface area (Å²) in [5.41, 5.74) is 2.40. The maximum absolute atomic E-state index is 4.68. The number of fused-ring (bicyclic) bond motifs is 1. The molecule has 1 aliphatic carbocycles. The molecule has 82 valence electrons. The fraction of sp³-hybridized carbons (Fsp3) is 0.357. The Morgan fingerprint density at radius 1 is 1.19 bits per heavy atom. The van der Waals surface area contributed by atoms with Crippen LogP contribution in [0, 0.1) is 0 Å². The first kappa shape index (κ1) is 9.64. The van der Waals surface area contributed by atoms with Crippen LogP contribution in [0.25, 0.3) is 10.9 Å². The van der Waals surface area contributed by atoms with Crippen LogP contribution in [-0.2, 0) is 0 Å². The van der Waals surface area contributed by atoms with Crippen LogP contribution in [0.15, 0.2) is 35.5 Å². The van der Waals surface area contributed by atoms with Crippen molar-refractivity contribution >= 4 is 17.1 Å². The highest BCUT2D eigenvalue weighted by atomic mass is 14.8. The molecule has 0 aliphatic heterocycles. The topological polar surface area (TPSA) is 28.1 Å². The molecule has 0 spiro atoms. The summed E-state index contributed by atoms with van der Waals surface area (Å²) in [6.07, 6.45) is 9.23. The zero-order valence-electron chi connectivity index (χ0n) is 9.32. The largest absolute Gasteiger partial charge is 0.361 e. The summed E-state index contributed by atoms with van der Waals surface area (Å²) in [6.45, 7) is 0. The van der Waals surface area contributed by atoms with Crippen molar-refractivity contribution in [2.75, 3.05) is 0 Å². The van der Waals surface area contributed by atoms with Gasteiger partial charge in [-0.15, -0.1) is 0 Å². The van der Waals surface area contributed by atoms with Crippen molar-refractivity contribution in [3.8, 4) is 0 Å². The van der Waals surface area contributed by atoms with Gasteiger partial charge in [-0.2, -0.15) is 0 Å². The van der Waals surface area contributed by atoms with E-state index in [-0.39, 0.29) is 0 Å². The highest BCUT2D eigenvalue weighted by molar-refractivity contribution is 5.97. The van der Waals surface area contributed by atoms with Gasteiger partial charge in [0.2, 0.25) is 0 Å². The number of aliphatic imine (C=N–C) groups is 1. The molecule has 16 heavy (non-hydrogen) atoms. The lowest BCUT2D eigenvalue weighted by Gasteiger charge is -2.01. The summed E-state index contributed by atoms with van der Waals surface area (Å²) in [5, 5.41) is 1.26. The summed E-state index contributed by atoms with van der Waals surface area (Å²) in [7, 11) is 0. The van der Waals surface area contributed by atoms with Gasteiger partial charge in [0.1, 0.15) is 0 Å². The summed E-state index contributed by atoms with van der Waals surface area (Å²) >= 11 is 0. The predicted octanol–water partition coefficient (Wildman–Crippen LogP) is 3.53. The highest BCUT2D eigenvalue weighted by Crippen LogP contribution is 2.21. The van der Waals surface area contributed by atoms with E-state index in [0.29, 0.717) is 6.04 Å². The molecule has 2 aromatic rings. The molecule has 1 aromatic heterocycles. The zero-order chi connectivity index (χ0) is 10.8. The van der Waals surface area contributed by atoms with Crippen LogP contribution in [0.2, 0.25) is 0 Å². The van der Waals surface area contributed by atoms with E-state index in [1.165, 1.54) is 42.1 Å². The van der Waals surface area contributed by atoms with Gasteiger partial charge in [0.15, 0.2) is 0 Å². The van der Waals surface area contributed by atoms with Gasteiger partial charge in [0, 0.05) is 29.4 Å². The second kappa shape index (κ2) is 4.12. The maximum atomic E-state index is 4.68. The average Bonchev–Trinajstić information content (AvgIpc) is 2.97. The molecule has 2 heteroatoms. The van der Waals surface area contributed by atoms with E-state index >= 15 is 0 Å². The second-order valence-electron chi connectivity index (χ2n) is 4.51. The molecule has 1 heterocycles. The summed E-state index contributed by atoms with van der Waals surface area (Å²) in [5.74, 6) is 0. The number of H-pyrrole nitrogens is 1. The fourth-order valence-electron chi connectivity index (χ4n) is 2.46. The average molecular weight is 212 g/mol. The Hall–Kier alpha value is -1.57. The van der Waals surface area contributed by atoms with Crippen molar-refractivity contribution in [1.82, 2.24) is 4.98 Å². The Balaban J connectivity index is 1.90. The molecular weight excluding hydrogens is 196 g/mol. The first-order valence-electron chi connectivity index (χ1n) is 6.03. The van der Waals surface area contributed by atoms with Crippen molar-refractivity contribution in [1.29, 1.82) is 0 Å². The smallest absolute Gasteiger partial charge is 0.0542 e. The van der Waals surface area contributed by atoms with Gasteiger partial charge in [0.25, 0.3) is 0 Å². The molecule has 1 aromatic carbocycles. The summed E-state index contributed by atoms with van der Waals surface area (Å²) in [4.78, 5) is 7.95. The molecule has 3 rings (SSSR count). The minimum absolute atomic E-state index is 0.560. The van der Waals surface area contributed by atoms with Gasteiger partial charge in [-0.1, -0.05) is 31.0 Å². The zero-order valence-corrected chi connectivity index (χ0v) is 9.32. The molecule has 1 aliphatic rings. The Kier molecular flexibility index (Phi) is 2.49. The fourth-order valence-corrected chi connectivity index (χ4v) is 2.46. The van der Waals surface area contributed by atoms with Crippen LogP contribution in [0.3, 0.4) is 0 Å². The molecule has 0 atom stereocenters. The Bertz CT molecular complexity index is 504. The number of nitrogens with zero attached hydrogens (tertiary/aromatic N) is 1. The van der Waals surface area contributed by atoms with Gasteiger partial charge >= 0.3 is 0 Å². The van der Waals surface area contributed by atoms with E-state index in [1.54, 1.807) is 0 Å². The van der Waals surface area contributed by atoms with Gasteiger partial charge in [-0.05, 0) is 18.9 Å². The SMILES string of the molecule is C(=N\C1CCCC1)/c1cccc2cc[nH]c12. The molecule has 0 saturated heterocycles. The second-order valence-corrected chi connectivity index (χ2v) is 4.51. The van der Waals surface area contributed by atoms with E-state index in [0.717, 1.165) is 0 Å². The Morgan fingerprint density at radius 3 is 2.94 bits per heavy atom. The Labute approximate surface area is 95.4 Å². The third-order valence-electron chi connectivity index (χ3n) is 3.37. The van der Waals surface area contributed by atoms with E-state index < -0.39 is 0 Å². The number of rotatable bonds is 2. The van der Waals surface area contributed by atoms with Crippen LogP contribution in [0.5, 0.6) is 0 Å². The summed E-state index contributed by atoms with van der Waals surface area (Å²) in [6, 6.07) is 9.00. The van der Waals surface area contributed by atoms with Gasteiger partial charge < -0.3 is 4.98 Å². The quantitative estimate of drug-likeness (QED) is 0.738. The standard InChI is InChI=1S/C14H16N2/c1-2-7-13(6-1)16-10-12-5-3-4-11-8-9-15-14(11)12/h3-5,8-10,13,15H,1-2,6-7H2/b16-10+. The lowest BCUT2D eigenvalue weighted by molar-refractivity contribution is 0.710. The third-order valence-corrected chi connectivity index (χ3v) is 3.37. The number of para-hydroxylation sites is 1. The van der Waals surface area contributed by atoms with Crippen LogP contribution in [0.1, 0.15) is 31.2 Å². The van der Waals surface area contributed by atoms with Crippen LogP contribution in [-0.4, -0.2) is 17.2 Å². The first-order valence-corrected chi connectivity index (χ1v) is 6.03. The molecule has 0 unspecified atom stereocenters. The monoisotopic (exact) mass is 212 g/mol. The minimum atomic E-state index is 0.560. The van der Waals surface area contributed by atoms with Gasteiger partial charge in [-0.25, -0.2) is 0 Å². The molecule has 0 radical (unpaired) electrons. The number of aromatic nitrogens is 1. The van der Waals surface area contributed by atoms with Crippen molar-refractivity contribution in [3.05, 3.63) is 36.0 Å². The van der Waals surface area contributed by atoms with E-state index in [9.17, 15) is 0 Å². The predicted molar refractivity (Wildman–Crippen MR) is 68.1 cm³/mol. The number of benzene rings is 1. The molecule has 1 saturated carbocycles. The number of nitrogens with one attached hydrogen (secondary N) is 1. The molecular formula is C14H16N2. The molecule has 1 N–H and O–H groups in total. The molecule has 0 bridgehead atoms. The number of hydrogen-bond acceptors (Lipinski definition) is 1. The number of hydrogen-bond donors (Lipinski definition) is 1. The van der Waals surface area contributed by atoms with Crippen molar-refractivity contribution in [2.45, 2.75) is 31.7 Å². The van der Waals surface area contributed by atoms with Gasteiger partial charge in [-0.3, -0.25) is 4.99 Å². The van der Waals surface area contributed by atoms with Crippen LogP contribution >= 0.6 is 0 Å². The molecule has 1 fully saturated rings. The van der Waals surface area contributed by atoms with Crippen molar-refractivity contribution < 1.29 is 0 Å². The van der Waals surface area contributed by atoms with E-state index in [1.807, 2.05) is 12.4 Å². The normalized spacial score (nSPS) is 17.8. The van der Waals surface area contributed by atoms with E-state index in [2.05, 4.69) is 34.2 Å². The third kappa shape index (κ3) is 1.75. The van der Waals surface area contributed by atoms with Crippen molar-refractivity contribution in [2.24, 2.45) is 4.99 Å². The molecule has 0 amide bonds. The highest BCUT2D eigenvalue weighted by Gasteiger charge is 2.12. The minimum Gasteiger partial charge on any atom is -0.361 e. The van der Waals surface area contributed by atoms with Crippen LogP contribution < -0.4 is 0 Å². The Morgan fingerprint density at radius 2 is 2.06 bits per heavy atom. The van der Waals surface area contributed by atoms with Crippen LogP contribution in [0.4, 0.5) is 0 Å². The maximum Gasteiger partial charge on any atom is 0.0542 e. The number of aromatic amines is 1. The lowest BCUT2D eigenvalue weighted by atomic mass is 10.1. The van der Waals surface area contributed by atoms with Crippen molar-refractivity contribution in [3.63, 3.8) is 0 Å². The first-order chi connectivity index (χ1) is 7.93. The van der Waals surface area contributed by atoms with E-state index in [4.69, 9.17) is 0 Å². The summed E-state index contributed by atoms with van der Waals surface area (Å²) < 4.78 is 0. The molecule has 2 nitrogen and oxygen atoms in total. The van der Waals surface area contributed by atoms with Gasteiger partial charge in [0.05, 0.1) is 5.52 Å².